The number of hydrogen-bond acceptors (Lipinski definition) is 9. The molecule has 10 heteroatoms. The summed E-state index contributed by atoms with van der Waals surface area (Å²) in [6.45, 7) is 8.14. The van der Waals surface area contributed by atoms with Gasteiger partial charge in [0.25, 0.3) is 0 Å². The summed E-state index contributed by atoms with van der Waals surface area (Å²) in [7, 11) is 1.85. The van der Waals surface area contributed by atoms with Crippen LogP contribution in [0.3, 0.4) is 0 Å². The summed E-state index contributed by atoms with van der Waals surface area (Å²) in [4.78, 5) is 11.9. The lowest BCUT2D eigenvalue weighted by molar-refractivity contribution is 0.00791. The summed E-state index contributed by atoms with van der Waals surface area (Å²) in [5.74, 6) is 1.20. The van der Waals surface area contributed by atoms with Crippen molar-refractivity contribution in [3.63, 3.8) is 0 Å². The van der Waals surface area contributed by atoms with Gasteiger partial charge in [0.15, 0.2) is 5.82 Å². The SMILES string of the molecule is CCCC(C)n1cc(Nc2nc(C=N)c(NC)c(NC3CCC(N4CCOCC4)CC3)n2)cn1. The van der Waals surface area contributed by atoms with E-state index < -0.39 is 0 Å². The molecule has 1 unspecified atom stereocenters. The van der Waals surface area contributed by atoms with E-state index in [1.165, 1.54) is 19.1 Å². The lowest BCUT2D eigenvalue weighted by Crippen LogP contribution is -2.46. The molecule has 186 valence electrons. The van der Waals surface area contributed by atoms with Gasteiger partial charge in [-0.15, -0.1) is 0 Å². The lowest BCUT2D eigenvalue weighted by atomic mass is 9.90. The Labute approximate surface area is 202 Å². The average molecular weight is 470 g/mol. The Morgan fingerprint density at radius 2 is 1.97 bits per heavy atom. The van der Waals surface area contributed by atoms with E-state index >= 15 is 0 Å². The van der Waals surface area contributed by atoms with Crippen molar-refractivity contribution in [3.05, 3.63) is 18.1 Å². The van der Waals surface area contributed by atoms with Crippen LogP contribution in [0.5, 0.6) is 0 Å². The van der Waals surface area contributed by atoms with E-state index in [2.05, 4.69) is 44.8 Å². The number of hydrogen-bond donors (Lipinski definition) is 4. The van der Waals surface area contributed by atoms with Crippen molar-refractivity contribution in [2.75, 3.05) is 49.3 Å². The molecule has 1 aliphatic carbocycles. The van der Waals surface area contributed by atoms with Gasteiger partial charge in [0, 0.05) is 50.7 Å². The Morgan fingerprint density at radius 3 is 2.65 bits per heavy atom. The molecule has 0 spiro atoms. The summed E-state index contributed by atoms with van der Waals surface area (Å²) < 4.78 is 7.48. The fraction of sp³-hybridized carbons (Fsp3) is 0.667. The molecule has 3 heterocycles. The molecular weight excluding hydrogens is 430 g/mol. The second-order valence-electron chi connectivity index (χ2n) is 9.32. The lowest BCUT2D eigenvalue weighted by Gasteiger charge is -2.39. The van der Waals surface area contributed by atoms with Gasteiger partial charge < -0.3 is 26.1 Å². The maximum atomic E-state index is 7.88. The first-order valence-electron chi connectivity index (χ1n) is 12.6. The molecular formula is C24H39N9O. The van der Waals surface area contributed by atoms with Crippen molar-refractivity contribution < 1.29 is 4.74 Å². The van der Waals surface area contributed by atoms with Gasteiger partial charge in [0.2, 0.25) is 5.95 Å². The second-order valence-corrected chi connectivity index (χ2v) is 9.32. The predicted octanol–water partition coefficient (Wildman–Crippen LogP) is 3.87. The summed E-state index contributed by atoms with van der Waals surface area (Å²) >= 11 is 0. The van der Waals surface area contributed by atoms with E-state index in [1.54, 1.807) is 6.20 Å². The highest BCUT2D eigenvalue weighted by Gasteiger charge is 2.28. The summed E-state index contributed by atoms with van der Waals surface area (Å²) in [5.41, 5.74) is 2.15. The highest BCUT2D eigenvalue weighted by molar-refractivity contribution is 5.88. The Balaban J connectivity index is 1.44. The molecule has 0 radical (unpaired) electrons. The fourth-order valence-corrected chi connectivity index (χ4v) is 5.03. The molecule has 34 heavy (non-hydrogen) atoms. The molecule has 2 aromatic rings. The van der Waals surface area contributed by atoms with Gasteiger partial charge in [-0.05, 0) is 39.0 Å². The van der Waals surface area contributed by atoms with E-state index in [-0.39, 0.29) is 0 Å². The number of nitrogens with zero attached hydrogens (tertiary/aromatic N) is 5. The van der Waals surface area contributed by atoms with Crippen molar-refractivity contribution in [2.45, 2.75) is 70.5 Å². The monoisotopic (exact) mass is 469 g/mol. The van der Waals surface area contributed by atoms with Crippen LogP contribution in [0.15, 0.2) is 12.4 Å². The van der Waals surface area contributed by atoms with Crippen LogP contribution in [-0.2, 0) is 4.74 Å². The Kier molecular flexibility index (Phi) is 8.34. The van der Waals surface area contributed by atoms with Gasteiger partial charge in [-0.2, -0.15) is 10.1 Å². The molecule has 4 N–H and O–H groups in total. The molecule has 4 rings (SSSR count). The first-order valence-corrected chi connectivity index (χ1v) is 12.6. The molecule has 10 nitrogen and oxygen atoms in total. The van der Waals surface area contributed by atoms with E-state index in [0.717, 1.165) is 69.2 Å². The molecule has 1 atom stereocenters. The molecule has 2 aromatic heterocycles. The van der Waals surface area contributed by atoms with Gasteiger partial charge in [0.05, 0.1) is 25.1 Å². The Morgan fingerprint density at radius 1 is 1.21 bits per heavy atom. The molecule has 2 fully saturated rings. The van der Waals surface area contributed by atoms with Crippen molar-refractivity contribution in [1.29, 1.82) is 5.41 Å². The quantitative estimate of drug-likeness (QED) is 0.388. The third kappa shape index (κ3) is 5.85. The van der Waals surface area contributed by atoms with Crippen molar-refractivity contribution >= 4 is 29.4 Å². The largest absolute Gasteiger partial charge is 0.383 e. The van der Waals surface area contributed by atoms with Crippen molar-refractivity contribution in [3.8, 4) is 0 Å². The Bertz CT molecular complexity index is 933. The summed E-state index contributed by atoms with van der Waals surface area (Å²) in [5, 5.41) is 22.5. The molecule has 0 bridgehead atoms. The predicted molar refractivity (Wildman–Crippen MR) is 137 cm³/mol. The molecule has 1 aliphatic heterocycles. The van der Waals surface area contributed by atoms with Gasteiger partial charge in [-0.1, -0.05) is 13.3 Å². The van der Waals surface area contributed by atoms with E-state index in [9.17, 15) is 0 Å². The molecule has 2 aliphatic rings. The molecule has 0 amide bonds. The minimum Gasteiger partial charge on any atom is -0.383 e. The zero-order valence-corrected chi connectivity index (χ0v) is 20.7. The number of rotatable bonds is 10. The number of morpholine rings is 1. The van der Waals surface area contributed by atoms with Crippen LogP contribution in [0, 0.1) is 5.41 Å². The highest BCUT2D eigenvalue weighted by atomic mass is 16.5. The zero-order chi connectivity index (χ0) is 23.9. The van der Waals surface area contributed by atoms with Crippen LogP contribution in [0.4, 0.5) is 23.1 Å². The van der Waals surface area contributed by atoms with Crippen molar-refractivity contribution in [1.82, 2.24) is 24.6 Å². The third-order valence-electron chi connectivity index (χ3n) is 6.94. The van der Waals surface area contributed by atoms with E-state index in [0.29, 0.717) is 29.8 Å². The standard InChI is InChI=1S/C24H39N9O/c1-4-5-17(2)33-16-19(15-27-33)29-24-30-21(14-25)22(26-3)23(31-24)28-18-6-8-20(9-7-18)32-10-12-34-13-11-32/h14-18,20,25-26H,4-13H2,1-3H3,(H2,28,29,30,31). The minimum absolute atomic E-state index is 0.343. The van der Waals surface area contributed by atoms with Crippen molar-refractivity contribution in [2.24, 2.45) is 0 Å². The van der Waals surface area contributed by atoms with Gasteiger partial charge in [0.1, 0.15) is 11.4 Å². The maximum Gasteiger partial charge on any atom is 0.230 e. The van der Waals surface area contributed by atoms with Crippen LogP contribution in [0.1, 0.15) is 64.1 Å². The highest BCUT2D eigenvalue weighted by Crippen LogP contribution is 2.30. The number of nitrogens with one attached hydrogen (secondary N) is 4. The van der Waals surface area contributed by atoms with Crippen LogP contribution < -0.4 is 16.0 Å². The van der Waals surface area contributed by atoms with E-state index in [1.807, 2.05) is 17.9 Å². The summed E-state index contributed by atoms with van der Waals surface area (Å²) in [6, 6.07) is 1.34. The van der Waals surface area contributed by atoms with E-state index in [4.69, 9.17) is 15.1 Å². The van der Waals surface area contributed by atoms with Crippen LogP contribution in [-0.4, -0.2) is 76.3 Å². The molecule has 1 saturated carbocycles. The zero-order valence-electron chi connectivity index (χ0n) is 20.7. The third-order valence-corrected chi connectivity index (χ3v) is 6.94. The number of aromatic nitrogens is 4. The minimum atomic E-state index is 0.343. The second kappa shape index (κ2) is 11.6. The molecule has 1 saturated heterocycles. The maximum absolute atomic E-state index is 7.88. The van der Waals surface area contributed by atoms with Crippen LogP contribution >= 0.6 is 0 Å². The van der Waals surface area contributed by atoms with Gasteiger partial charge in [-0.25, -0.2) is 4.98 Å². The fourth-order valence-electron chi connectivity index (χ4n) is 5.03. The average Bonchev–Trinajstić information content (AvgIpc) is 3.33. The van der Waals surface area contributed by atoms with Crippen LogP contribution in [0.2, 0.25) is 0 Å². The Hall–Kier alpha value is -2.72. The number of anilines is 4. The van der Waals surface area contributed by atoms with Gasteiger partial charge >= 0.3 is 0 Å². The first kappa shape index (κ1) is 24.4. The first-order chi connectivity index (χ1) is 16.6. The smallest absolute Gasteiger partial charge is 0.230 e. The topological polar surface area (TPSA) is 116 Å². The van der Waals surface area contributed by atoms with Gasteiger partial charge in [-0.3, -0.25) is 9.58 Å². The normalized spacial score (nSPS) is 22.2. The summed E-state index contributed by atoms with van der Waals surface area (Å²) in [6.07, 6.45) is 11.8. The molecule has 0 aromatic carbocycles. The van der Waals surface area contributed by atoms with Crippen LogP contribution in [0.25, 0.3) is 0 Å². The number of ether oxygens (including phenoxy) is 1.